The van der Waals surface area contributed by atoms with Crippen LogP contribution >= 0.6 is 23.4 Å². The normalized spacial score (nSPS) is 10.9. The molecule has 0 aliphatic rings. The Kier molecular flexibility index (Phi) is 10.6. The van der Waals surface area contributed by atoms with E-state index in [1.807, 2.05) is 43.3 Å². The quantitative estimate of drug-likeness (QED) is 0.132. The van der Waals surface area contributed by atoms with Crippen molar-refractivity contribution in [1.82, 2.24) is 5.32 Å². The summed E-state index contributed by atoms with van der Waals surface area (Å²) in [5.74, 6) is -0.254. The molecule has 4 aromatic carbocycles. The predicted molar refractivity (Wildman–Crippen MR) is 165 cm³/mol. The predicted octanol–water partition coefficient (Wildman–Crippen LogP) is 6.88. The summed E-state index contributed by atoms with van der Waals surface area (Å²) < 4.78 is 5.56. The van der Waals surface area contributed by atoms with Gasteiger partial charge in [-0.15, -0.1) is 11.8 Å². The van der Waals surface area contributed by atoms with E-state index in [0.29, 0.717) is 39.9 Å². The van der Waals surface area contributed by atoms with Crippen molar-refractivity contribution in [2.24, 2.45) is 0 Å². The monoisotopic (exact) mass is 585 g/mol. The highest BCUT2D eigenvalue weighted by atomic mass is 35.5. The summed E-state index contributed by atoms with van der Waals surface area (Å²) in [5, 5.41) is 8.91. The molecule has 4 aromatic rings. The van der Waals surface area contributed by atoms with Crippen molar-refractivity contribution < 1.29 is 19.1 Å². The minimum Gasteiger partial charge on any atom is -0.492 e. The van der Waals surface area contributed by atoms with Crippen LogP contribution in [0.2, 0.25) is 5.02 Å². The van der Waals surface area contributed by atoms with Crippen molar-refractivity contribution in [3.8, 4) is 5.75 Å². The summed E-state index contributed by atoms with van der Waals surface area (Å²) in [6.45, 7) is 2.39. The fourth-order valence-electron chi connectivity index (χ4n) is 3.72. The van der Waals surface area contributed by atoms with Gasteiger partial charge in [-0.2, -0.15) is 0 Å². The first-order valence-electron chi connectivity index (χ1n) is 12.8. The number of carbonyl (C=O) groups excluding carboxylic acids is 3. The van der Waals surface area contributed by atoms with Gasteiger partial charge < -0.3 is 20.7 Å². The molecule has 3 amide bonds. The third-order valence-corrected chi connectivity index (χ3v) is 6.88. The van der Waals surface area contributed by atoms with Gasteiger partial charge in [0.05, 0.1) is 18.0 Å². The number of carbonyl (C=O) groups is 3. The SMILES string of the molecule is CCOc1ccccc1NC(=O)CSc1ccc(NC(=O)/C(=C/c2cccc(Cl)c2)NC(=O)c2ccccc2)cc1. The highest BCUT2D eigenvalue weighted by molar-refractivity contribution is 8.00. The molecule has 0 aromatic heterocycles. The van der Waals surface area contributed by atoms with E-state index in [1.54, 1.807) is 72.8 Å². The van der Waals surface area contributed by atoms with E-state index in [2.05, 4.69) is 16.0 Å². The van der Waals surface area contributed by atoms with Crippen molar-refractivity contribution in [3.63, 3.8) is 0 Å². The first-order chi connectivity index (χ1) is 19.9. The maximum absolute atomic E-state index is 13.2. The van der Waals surface area contributed by atoms with Crippen LogP contribution in [0.25, 0.3) is 6.08 Å². The van der Waals surface area contributed by atoms with Gasteiger partial charge in [0.2, 0.25) is 5.91 Å². The van der Waals surface area contributed by atoms with Crippen LogP contribution in [0.1, 0.15) is 22.8 Å². The van der Waals surface area contributed by atoms with Crippen molar-refractivity contribution in [2.75, 3.05) is 23.0 Å². The zero-order valence-electron chi connectivity index (χ0n) is 22.2. The molecule has 7 nitrogen and oxygen atoms in total. The van der Waals surface area contributed by atoms with Crippen LogP contribution in [-0.2, 0) is 9.59 Å². The highest BCUT2D eigenvalue weighted by Gasteiger charge is 2.15. The zero-order chi connectivity index (χ0) is 29.0. The fraction of sp³-hybridized carbons (Fsp3) is 0.0938. The highest BCUT2D eigenvalue weighted by Crippen LogP contribution is 2.25. The Morgan fingerprint density at radius 1 is 0.854 bits per heavy atom. The molecule has 0 spiro atoms. The number of para-hydroxylation sites is 2. The van der Waals surface area contributed by atoms with Crippen LogP contribution < -0.4 is 20.7 Å². The summed E-state index contributed by atoms with van der Waals surface area (Å²) in [4.78, 5) is 39.4. The summed E-state index contributed by atoms with van der Waals surface area (Å²) >= 11 is 7.47. The zero-order valence-corrected chi connectivity index (χ0v) is 23.8. The van der Waals surface area contributed by atoms with E-state index in [0.717, 1.165) is 4.90 Å². The van der Waals surface area contributed by atoms with E-state index in [4.69, 9.17) is 16.3 Å². The maximum atomic E-state index is 13.2. The lowest BCUT2D eigenvalue weighted by Gasteiger charge is -2.12. The fourth-order valence-corrected chi connectivity index (χ4v) is 4.62. The number of ether oxygens (including phenoxy) is 1. The van der Waals surface area contributed by atoms with Crippen molar-refractivity contribution >= 4 is 58.5 Å². The molecule has 0 heterocycles. The number of benzene rings is 4. The first kappa shape index (κ1) is 29.5. The summed E-state index contributed by atoms with van der Waals surface area (Å²) in [6.07, 6.45) is 1.56. The van der Waals surface area contributed by atoms with Crippen LogP contribution in [0.4, 0.5) is 11.4 Å². The third-order valence-electron chi connectivity index (χ3n) is 5.63. The molecule has 208 valence electrons. The second-order valence-corrected chi connectivity index (χ2v) is 10.2. The average Bonchev–Trinajstić information content (AvgIpc) is 2.98. The van der Waals surface area contributed by atoms with Gasteiger partial charge in [0.1, 0.15) is 11.4 Å². The molecule has 0 atom stereocenters. The van der Waals surface area contributed by atoms with Crippen molar-refractivity contribution in [3.05, 3.63) is 125 Å². The standard InChI is InChI=1S/C32H28ClN3O4S/c1-2-40-29-14-7-6-13-27(29)35-30(37)21-41-26-17-15-25(16-18-26)34-32(39)28(20-22-9-8-12-24(33)19-22)36-31(38)23-10-4-3-5-11-23/h3-20H,2,21H2,1H3,(H,34,39)(H,35,37)(H,36,38)/b28-20-. The minimum absolute atomic E-state index is 0.0589. The van der Waals surface area contributed by atoms with E-state index >= 15 is 0 Å². The van der Waals surface area contributed by atoms with Gasteiger partial charge in [-0.3, -0.25) is 14.4 Å². The van der Waals surface area contributed by atoms with Gasteiger partial charge in [0, 0.05) is 21.2 Å². The van der Waals surface area contributed by atoms with Gasteiger partial charge in [-0.25, -0.2) is 0 Å². The van der Waals surface area contributed by atoms with E-state index in [9.17, 15) is 14.4 Å². The lowest BCUT2D eigenvalue weighted by Crippen LogP contribution is -2.30. The molecule has 41 heavy (non-hydrogen) atoms. The smallest absolute Gasteiger partial charge is 0.272 e. The molecule has 4 rings (SSSR count). The van der Waals surface area contributed by atoms with Crippen LogP contribution in [0.5, 0.6) is 5.75 Å². The maximum Gasteiger partial charge on any atom is 0.272 e. The summed E-state index contributed by atoms with van der Waals surface area (Å²) in [5.41, 5.74) is 2.29. The summed E-state index contributed by atoms with van der Waals surface area (Å²) in [6, 6.07) is 30.0. The van der Waals surface area contributed by atoms with Crippen LogP contribution in [0, 0.1) is 0 Å². The van der Waals surface area contributed by atoms with E-state index in [-0.39, 0.29) is 17.4 Å². The number of hydrogen-bond acceptors (Lipinski definition) is 5. The van der Waals surface area contributed by atoms with Crippen LogP contribution in [0.3, 0.4) is 0 Å². The lowest BCUT2D eigenvalue weighted by atomic mass is 10.1. The second kappa shape index (κ2) is 14.7. The van der Waals surface area contributed by atoms with Gasteiger partial charge in [-0.1, -0.05) is 54.1 Å². The Balaban J connectivity index is 1.39. The Hall–Kier alpha value is -4.53. The number of rotatable bonds is 11. The largest absolute Gasteiger partial charge is 0.492 e. The first-order valence-corrected chi connectivity index (χ1v) is 14.2. The number of thioether (sulfide) groups is 1. The van der Waals surface area contributed by atoms with Gasteiger partial charge in [0.25, 0.3) is 11.8 Å². The van der Waals surface area contributed by atoms with E-state index in [1.165, 1.54) is 11.8 Å². The molecule has 0 aliphatic carbocycles. The lowest BCUT2D eigenvalue weighted by molar-refractivity contribution is -0.114. The molecule has 0 saturated carbocycles. The molecule has 0 unspecified atom stereocenters. The van der Waals surface area contributed by atoms with E-state index < -0.39 is 11.8 Å². The molecule has 3 N–H and O–H groups in total. The number of halogens is 1. The number of amides is 3. The molecule has 0 aliphatic heterocycles. The Labute approximate surface area is 248 Å². The topological polar surface area (TPSA) is 96.5 Å². The van der Waals surface area contributed by atoms with Crippen molar-refractivity contribution in [2.45, 2.75) is 11.8 Å². The number of hydrogen-bond donors (Lipinski definition) is 3. The summed E-state index contributed by atoms with van der Waals surface area (Å²) in [7, 11) is 0. The molecule has 0 saturated heterocycles. The number of nitrogens with one attached hydrogen (secondary N) is 3. The molecule has 0 bridgehead atoms. The molecular weight excluding hydrogens is 558 g/mol. The average molecular weight is 586 g/mol. The Morgan fingerprint density at radius 2 is 1.59 bits per heavy atom. The van der Waals surface area contributed by atoms with Gasteiger partial charge in [-0.05, 0) is 79.2 Å². The molecule has 9 heteroatoms. The van der Waals surface area contributed by atoms with Gasteiger partial charge >= 0.3 is 0 Å². The Bertz CT molecular complexity index is 1540. The van der Waals surface area contributed by atoms with Crippen LogP contribution in [-0.4, -0.2) is 30.1 Å². The minimum atomic E-state index is -0.498. The number of anilines is 2. The molecule has 0 fully saturated rings. The van der Waals surface area contributed by atoms with Crippen LogP contribution in [0.15, 0.2) is 114 Å². The molecule has 0 radical (unpaired) electrons. The Morgan fingerprint density at radius 3 is 2.32 bits per heavy atom. The second-order valence-electron chi connectivity index (χ2n) is 8.68. The van der Waals surface area contributed by atoms with Gasteiger partial charge in [0.15, 0.2) is 0 Å². The van der Waals surface area contributed by atoms with Crippen molar-refractivity contribution in [1.29, 1.82) is 0 Å². The molecular formula is C32H28ClN3O4S. The third kappa shape index (κ3) is 8.99.